The molecule has 1 atom stereocenters. The molecule has 0 aliphatic rings. The van der Waals surface area contributed by atoms with Crippen LogP contribution in [0.2, 0.25) is 0 Å². The highest BCUT2D eigenvalue weighted by atomic mass is 79.9. The molecule has 0 aliphatic heterocycles. The van der Waals surface area contributed by atoms with Gasteiger partial charge in [0.1, 0.15) is 0 Å². The molecular weight excluding hydrogens is 284 g/mol. The molecule has 1 unspecified atom stereocenters. The molecular formula is C10H13BrN6. The Hall–Kier alpha value is -1.44. The predicted octanol–water partition coefficient (Wildman–Crippen LogP) is 0.712. The Labute approximate surface area is 107 Å². The zero-order chi connectivity index (χ0) is 12.4. The number of nitrogen functional groups attached to an aromatic ring is 1. The first-order valence-corrected chi connectivity index (χ1v) is 5.80. The Morgan fingerprint density at radius 1 is 1.41 bits per heavy atom. The highest BCUT2D eigenvalue weighted by Crippen LogP contribution is 2.29. The highest BCUT2D eigenvalue weighted by molar-refractivity contribution is 9.10. The molecule has 1 aromatic carbocycles. The molecule has 0 aliphatic carbocycles. The third kappa shape index (κ3) is 2.17. The molecule has 0 saturated heterocycles. The zero-order valence-corrected chi connectivity index (χ0v) is 10.8. The molecule has 0 saturated carbocycles. The van der Waals surface area contributed by atoms with Gasteiger partial charge in [-0.25, -0.2) is 10.1 Å². The molecule has 2 aromatic rings. The van der Waals surface area contributed by atoms with Crippen molar-refractivity contribution in [2.75, 3.05) is 5.73 Å². The van der Waals surface area contributed by atoms with Gasteiger partial charge in [-0.05, 0) is 27.6 Å². The number of aryl methyl sites for hydroxylation is 1. The predicted molar refractivity (Wildman–Crippen MR) is 68.7 cm³/mol. The van der Waals surface area contributed by atoms with E-state index in [-0.39, 0.29) is 6.04 Å². The second-order valence-electron chi connectivity index (χ2n) is 3.62. The molecule has 5 N–H and O–H groups in total. The van der Waals surface area contributed by atoms with E-state index >= 15 is 0 Å². The largest absolute Gasteiger partial charge is 0.398 e. The molecule has 0 spiro atoms. The normalized spacial score (nSPS) is 12.6. The number of aromatic nitrogens is 3. The topological polar surface area (TPSA) is 94.8 Å². The summed E-state index contributed by atoms with van der Waals surface area (Å²) in [6.45, 7) is 0. The minimum absolute atomic E-state index is 0.259. The maximum Gasteiger partial charge on any atom is 0.153 e. The van der Waals surface area contributed by atoms with Gasteiger partial charge in [-0.15, -0.1) is 5.10 Å². The smallest absolute Gasteiger partial charge is 0.153 e. The summed E-state index contributed by atoms with van der Waals surface area (Å²) in [6.07, 6.45) is 0. The molecule has 7 heteroatoms. The van der Waals surface area contributed by atoms with E-state index in [1.54, 1.807) is 11.7 Å². The van der Waals surface area contributed by atoms with Crippen LogP contribution in [-0.4, -0.2) is 15.0 Å². The van der Waals surface area contributed by atoms with Crippen molar-refractivity contribution in [1.29, 1.82) is 0 Å². The number of hydrogen-bond donors (Lipinski definition) is 3. The van der Waals surface area contributed by atoms with Crippen molar-refractivity contribution in [2.24, 2.45) is 12.9 Å². The maximum absolute atomic E-state index is 5.94. The fourth-order valence-electron chi connectivity index (χ4n) is 1.74. The molecule has 0 amide bonds. The van der Waals surface area contributed by atoms with Gasteiger partial charge in [0, 0.05) is 12.7 Å². The van der Waals surface area contributed by atoms with Crippen molar-refractivity contribution >= 4 is 21.6 Å². The van der Waals surface area contributed by atoms with Crippen LogP contribution in [0.15, 0.2) is 28.9 Å². The number of halogens is 1. The number of benzene rings is 1. The summed E-state index contributed by atoms with van der Waals surface area (Å²) in [5, 5.41) is 7.86. The van der Waals surface area contributed by atoms with Crippen molar-refractivity contribution in [3.8, 4) is 0 Å². The van der Waals surface area contributed by atoms with Gasteiger partial charge in [0.25, 0.3) is 0 Å². The Kier molecular flexibility index (Phi) is 3.41. The molecule has 0 fully saturated rings. The van der Waals surface area contributed by atoms with E-state index in [9.17, 15) is 0 Å². The lowest BCUT2D eigenvalue weighted by Gasteiger charge is -2.18. The number of nitrogens with one attached hydrogen (secondary N) is 1. The number of rotatable bonds is 3. The van der Waals surface area contributed by atoms with Gasteiger partial charge in [0.05, 0.1) is 11.7 Å². The van der Waals surface area contributed by atoms with E-state index < -0.39 is 0 Å². The third-order valence-corrected chi connectivity index (χ3v) is 3.14. The summed E-state index contributed by atoms with van der Waals surface area (Å²) in [5.74, 6) is 5.61. The van der Waals surface area contributed by atoms with E-state index in [1.807, 2.05) is 24.3 Å². The average Bonchev–Trinajstić information content (AvgIpc) is 2.64. The van der Waals surface area contributed by atoms with Crippen LogP contribution >= 0.6 is 15.9 Å². The number of para-hydroxylation sites is 1. The number of nitrogens with two attached hydrogens (primary N) is 2. The lowest BCUT2D eigenvalue weighted by molar-refractivity contribution is 0.570. The summed E-state index contributed by atoms with van der Waals surface area (Å²) in [6, 6.07) is 7.28. The van der Waals surface area contributed by atoms with Crippen LogP contribution in [0.1, 0.15) is 17.3 Å². The van der Waals surface area contributed by atoms with E-state index in [0.29, 0.717) is 10.3 Å². The second kappa shape index (κ2) is 4.82. The summed E-state index contributed by atoms with van der Waals surface area (Å²) < 4.78 is 2.30. The Morgan fingerprint density at radius 2 is 2.12 bits per heavy atom. The highest BCUT2D eigenvalue weighted by Gasteiger charge is 2.22. The number of hydrogen-bond acceptors (Lipinski definition) is 5. The molecule has 0 radical (unpaired) electrons. The average molecular weight is 297 g/mol. The first kappa shape index (κ1) is 12.0. The monoisotopic (exact) mass is 296 g/mol. The van der Waals surface area contributed by atoms with Crippen LogP contribution < -0.4 is 17.0 Å². The van der Waals surface area contributed by atoms with E-state index in [1.165, 1.54) is 0 Å². The molecule has 1 heterocycles. The van der Waals surface area contributed by atoms with E-state index in [0.717, 1.165) is 11.3 Å². The second-order valence-corrected chi connectivity index (χ2v) is 4.37. The molecule has 2 rings (SSSR count). The molecule has 0 bridgehead atoms. The quantitative estimate of drug-likeness (QED) is 0.441. The van der Waals surface area contributed by atoms with Gasteiger partial charge >= 0.3 is 0 Å². The summed E-state index contributed by atoms with van der Waals surface area (Å²) >= 11 is 3.35. The first-order chi connectivity index (χ1) is 8.15. The first-order valence-electron chi connectivity index (χ1n) is 5.00. The van der Waals surface area contributed by atoms with E-state index in [4.69, 9.17) is 11.6 Å². The Balaban J connectivity index is 2.52. The Morgan fingerprint density at radius 3 is 2.65 bits per heavy atom. The summed E-state index contributed by atoms with van der Waals surface area (Å²) in [5.41, 5.74) is 11.1. The SMILES string of the molecule is Cn1nnc(Br)c1C(NN)c1ccccc1N. The Bertz CT molecular complexity index is 504. The van der Waals surface area contributed by atoms with Gasteiger partial charge in [0.2, 0.25) is 0 Å². The van der Waals surface area contributed by atoms with Crippen LogP contribution in [0, 0.1) is 0 Å². The molecule has 90 valence electrons. The number of anilines is 1. The summed E-state index contributed by atoms with van der Waals surface area (Å²) in [7, 11) is 1.80. The molecule has 6 nitrogen and oxygen atoms in total. The fraction of sp³-hybridized carbons (Fsp3) is 0.200. The zero-order valence-electron chi connectivity index (χ0n) is 9.26. The van der Waals surface area contributed by atoms with Gasteiger partial charge in [-0.3, -0.25) is 5.84 Å². The van der Waals surface area contributed by atoms with Crippen LogP contribution in [-0.2, 0) is 7.05 Å². The minimum atomic E-state index is -0.259. The third-order valence-electron chi connectivity index (χ3n) is 2.57. The van der Waals surface area contributed by atoms with Crippen molar-refractivity contribution in [2.45, 2.75) is 6.04 Å². The number of nitrogens with zero attached hydrogens (tertiary/aromatic N) is 3. The summed E-state index contributed by atoms with van der Waals surface area (Å²) in [4.78, 5) is 0. The number of hydrazine groups is 1. The fourth-order valence-corrected chi connectivity index (χ4v) is 2.29. The van der Waals surface area contributed by atoms with Gasteiger partial charge in [0.15, 0.2) is 4.60 Å². The minimum Gasteiger partial charge on any atom is -0.398 e. The molecule has 1 aromatic heterocycles. The van der Waals surface area contributed by atoms with Crippen LogP contribution in [0.3, 0.4) is 0 Å². The van der Waals surface area contributed by atoms with E-state index in [2.05, 4.69) is 31.7 Å². The van der Waals surface area contributed by atoms with Gasteiger partial charge in [-0.1, -0.05) is 23.4 Å². The maximum atomic E-state index is 5.94. The van der Waals surface area contributed by atoms with Crippen molar-refractivity contribution in [3.63, 3.8) is 0 Å². The standard InChI is InChI=1S/C10H13BrN6/c1-17-9(10(11)15-16-17)8(14-13)6-4-2-3-5-7(6)12/h2-5,8,14H,12-13H2,1H3. The van der Waals surface area contributed by atoms with Crippen LogP contribution in [0.4, 0.5) is 5.69 Å². The lowest BCUT2D eigenvalue weighted by Crippen LogP contribution is -2.31. The van der Waals surface area contributed by atoms with Crippen molar-refractivity contribution < 1.29 is 0 Å². The van der Waals surface area contributed by atoms with Crippen LogP contribution in [0.25, 0.3) is 0 Å². The van der Waals surface area contributed by atoms with Crippen molar-refractivity contribution in [3.05, 3.63) is 40.1 Å². The van der Waals surface area contributed by atoms with Crippen molar-refractivity contribution in [1.82, 2.24) is 20.4 Å². The van der Waals surface area contributed by atoms with Gasteiger partial charge in [-0.2, -0.15) is 0 Å². The lowest BCUT2D eigenvalue weighted by atomic mass is 10.0. The van der Waals surface area contributed by atoms with Gasteiger partial charge < -0.3 is 5.73 Å². The molecule has 17 heavy (non-hydrogen) atoms. The van der Waals surface area contributed by atoms with Crippen LogP contribution in [0.5, 0.6) is 0 Å².